The highest BCUT2D eigenvalue weighted by Gasteiger charge is 2.15. The summed E-state index contributed by atoms with van der Waals surface area (Å²) >= 11 is 5.45. The van der Waals surface area contributed by atoms with Crippen LogP contribution in [0, 0.1) is 0 Å². The van der Waals surface area contributed by atoms with Gasteiger partial charge in [-0.05, 0) is 77.8 Å². The number of oxazole rings is 1. The molecule has 4 aromatic carbocycles. The molecule has 0 spiro atoms. The van der Waals surface area contributed by atoms with Crippen molar-refractivity contribution in [2.45, 2.75) is 26.4 Å². The fourth-order valence-corrected chi connectivity index (χ4v) is 4.37. The molecule has 0 saturated heterocycles. The minimum atomic E-state index is -0.363. The van der Waals surface area contributed by atoms with E-state index in [2.05, 4.69) is 35.5 Å². The van der Waals surface area contributed by atoms with Crippen molar-refractivity contribution in [3.8, 4) is 23.0 Å². The number of hydrogen-bond acceptors (Lipinski definition) is 6. The van der Waals surface area contributed by atoms with Gasteiger partial charge in [-0.25, -0.2) is 4.98 Å². The Kier molecular flexibility index (Phi) is 8.07. The minimum Gasteiger partial charge on any atom is -0.495 e. The largest absolute Gasteiger partial charge is 0.495 e. The Hall–Kier alpha value is -4.69. The summed E-state index contributed by atoms with van der Waals surface area (Å²) in [6, 6.07) is 28.3. The van der Waals surface area contributed by atoms with Gasteiger partial charge in [-0.2, -0.15) is 0 Å². The van der Waals surface area contributed by atoms with Gasteiger partial charge in [-0.3, -0.25) is 10.1 Å². The summed E-state index contributed by atoms with van der Waals surface area (Å²) in [5, 5.41) is 5.91. The van der Waals surface area contributed by atoms with E-state index >= 15 is 0 Å². The Bertz CT molecular complexity index is 1660. The summed E-state index contributed by atoms with van der Waals surface area (Å²) < 4.78 is 17.4. The van der Waals surface area contributed by atoms with Crippen molar-refractivity contribution >= 4 is 40.0 Å². The maximum Gasteiger partial charge on any atom is 0.257 e. The van der Waals surface area contributed by atoms with Gasteiger partial charge in [0.15, 0.2) is 10.7 Å². The van der Waals surface area contributed by atoms with Crippen LogP contribution in [-0.2, 0) is 6.61 Å². The van der Waals surface area contributed by atoms with E-state index in [0.717, 1.165) is 16.6 Å². The maximum atomic E-state index is 12.9. The third kappa shape index (κ3) is 6.30. The first-order chi connectivity index (χ1) is 19.4. The number of fused-ring (bicyclic) bond motifs is 1. The molecular formula is C32H29N3O4S. The summed E-state index contributed by atoms with van der Waals surface area (Å²) in [6.45, 7) is 4.69. The SMILES string of the molecule is COc1ccc(-c2nc3cc(C(C)C)ccc3o2)cc1NC(=S)NC(=O)c1cccc(OCc2ccccc2)c1. The van der Waals surface area contributed by atoms with Gasteiger partial charge in [0.2, 0.25) is 5.89 Å². The summed E-state index contributed by atoms with van der Waals surface area (Å²) in [7, 11) is 1.57. The number of nitrogens with one attached hydrogen (secondary N) is 2. The summed E-state index contributed by atoms with van der Waals surface area (Å²) in [5.74, 6) is 1.64. The fourth-order valence-electron chi connectivity index (χ4n) is 4.16. The Balaban J connectivity index is 1.28. The van der Waals surface area contributed by atoms with Crippen molar-refractivity contribution in [1.82, 2.24) is 10.3 Å². The van der Waals surface area contributed by atoms with Gasteiger partial charge in [0.1, 0.15) is 23.6 Å². The number of carbonyl (C=O) groups excluding carboxylic acids is 1. The average Bonchev–Trinajstić information content (AvgIpc) is 3.40. The third-order valence-corrected chi connectivity index (χ3v) is 6.55. The number of anilines is 1. The molecular weight excluding hydrogens is 522 g/mol. The monoisotopic (exact) mass is 551 g/mol. The predicted octanol–water partition coefficient (Wildman–Crippen LogP) is 7.33. The number of benzene rings is 4. The average molecular weight is 552 g/mol. The zero-order chi connectivity index (χ0) is 28.1. The zero-order valence-corrected chi connectivity index (χ0v) is 23.2. The first kappa shape index (κ1) is 26.9. The van der Waals surface area contributed by atoms with Gasteiger partial charge >= 0.3 is 0 Å². The molecule has 2 N–H and O–H groups in total. The van der Waals surface area contributed by atoms with Gasteiger partial charge in [0.25, 0.3) is 5.91 Å². The highest BCUT2D eigenvalue weighted by atomic mass is 32.1. The van der Waals surface area contributed by atoms with E-state index in [1.54, 1.807) is 31.4 Å². The maximum absolute atomic E-state index is 12.9. The molecule has 0 aliphatic heterocycles. The molecule has 0 atom stereocenters. The van der Waals surface area contributed by atoms with Crippen LogP contribution in [0.25, 0.3) is 22.6 Å². The van der Waals surface area contributed by atoms with E-state index in [-0.39, 0.29) is 11.0 Å². The molecule has 202 valence electrons. The van der Waals surface area contributed by atoms with Crippen LogP contribution in [0.4, 0.5) is 5.69 Å². The molecule has 0 aliphatic carbocycles. The van der Waals surface area contributed by atoms with E-state index in [1.165, 1.54) is 5.56 Å². The van der Waals surface area contributed by atoms with Crippen LogP contribution >= 0.6 is 12.2 Å². The highest BCUT2D eigenvalue weighted by molar-refractivity contribution is 7.80. The third-order valence-electron chi connectivity index (χ3n) is 6.34. The second kappa shape index (κ2) is 12.0. The van der Waals surface area contributed by atoms with Crippen molar-refractivity contribution in [3.05, 3.63) is 108 Å². The van der Waals surface area contributed by atoms with Gasteiger partial charge in [-0.1, -0.05) is 56.3 Å². The molecule has 1 heterocycles. The van der Waals surface area contributed by atoms with Crippen LogP contribution in [0.15, 0.2) is 95.4 Å². The van der Waals surface area contributed by atoms with E-state index in [0.29, 0.717) is 46.7 Å². The van der Waals surface area contributed by atoms with Crippen molar-refractivity contribution in [3.63, 3.8) is 0 Å². The van der Waals surface area contributed by atoms with E-state index in [4.69, 9.17) is 26.1 Å². The number of nitrogens with zero attached hydrogens (tertiary/aromatic N) is 1. The first-order valence-corrected chi connectivity index (χ1v) is 13.3. The standard InChI is InChI=1S/C32H29N3O4S/c1-20(2)22-12-15-29-27(17-22)33-31(39-29)24-13-14-28(37-3)26(18-24)34-32(40)35-30(36)23-10-7-11-25(16-23)38-19-21-8-5-4-6-9-21/h4-18,20H,19H2,1-3H3,(H2,34,35,36,40). The molecule has 7 nitrogen and oxygen atoms in total. The van der Waals surface area contributed by atoms with Crippen LogP contribution < -0.4 is 20.1 Å². The second-order valence-electron chi connectivity index (χ2n) is 9.53. The molecule has 0 aliphatic rings. The predicted molar refractivity (Wildman–Crippen MR) is 161 cm³/mol. The second-order valence-corrected chi connectivity index (χ2v) is 9.93. The lowest BCUT2D eigenvalue weighted by atomic mass is 10.0. The lowest BCUT2D eigenvalue weighted by Crippen LogP contribution is -2.34. The Labute approximate surface area is 238 Å². The van der Waals surface area contributed by atoms with Crippen LogP contribution in [0.5, 0.6) is 11.5 Å². The van der Waals surface area contributed by atoms with Crippen LogP contribution in [0.3, 0.4) is 0 Å². The van der Waals surface area contributed by atoms with E-state index in [1.807, 2.05) is 60.7 Å². The lowest BCUT2D eigenvalue weighted by molar-refractivity contribution is 0.0977. The van der Waals surface area contributed by atoms with Gasteiger partial charge in [-0.15, -0.1) is 0 Å². The quantitative estimate of drug-likeness (QED) is 0.195. The number of aromatic nitrogens is 1. The van der Waals surface area contributed by atoms with Crippen LogP contribution in [0.2, 0.25) is 0 Å². The molecule has 0 radical (unpaired) electrons. The Morgan fingerprint density at radius 3 is 2.58 bits per heavy atom. The number of rotatable bonds is 8. The topological polar surface area (TPSA) is 85.6 Å². The zero-order valence-electron chi connectivity index (χ0n) is 22.4. The molecule has 5 rings (SSSR count). The van der Waals surface area contributed by atoms with Crippen molar-refractivity contribution < 1.29 is 18.7 Å². The van der Waals surface area contributed by atoms with Crippen LogP contribution in [-0.4, -0.2) is 23.1 Å². The number of ether oxygens (including phenoxy) is 2. The lowest BCUT2D eigenvalue weighted by Gasteiger charge is -2.14. The van der Waals surface area contributed by atoms with E-state index < -0.39 is 0 Å². The molecule has 1 amide bonds. The molecule has 40 heavy (non-hydrogen) atoms. The minimum absolute atomic E-state index is 0.121. The number of hydrogen-bond donors (Lipinski definition) is 2. The number of carbonyl (C=O) groups is 1. The number of amides is 1. The number of thiocarbonyl (C=S) groups is 1. The summed E-state index contributed by atoms with van der Waals surface area (Å²) in [4.78, 5) is 17.6. The molecule has 1 aromatic heterocycles. The molecule has 0 fully saturated rings. The molecule has 5 aromatic rings. The molecule has 0 bridgehead atoms. The van der Waals surface area contributed by atoms with Gasteiger partial charge in [0, 0.05) is 11.1 Å². The van der Waals surface area contributed by atoms with Gasteiger partial charge < -0.3 is 19.2 Å². The highest BCUT2D eigenvalue weighted by Crippen LogP contribution is 2.32. The van der Waals surface area contributed by atoms with E-state index in [9.17, 15) is 4.79 Å². The van der Waals surface area contributed by atoms with Crippen molar-refractivity contribution in [2.75, 3.05) is 12.4 Å². The first-order valence-electron chi connectivity index (χ1n) is 12.9. The molecule has 0 unspecified atom stereocenters. The molecule has 0 saturated carbocycles. The van der Waals surface area contributed by atoms with Gasteiger partial charge in [0.05, 0.1) is 12.8 Å². The van der Waals surface area contributed by atoms with Crippen molar-refractivity contribution in [1.29, 1.82) is 0 Å². The normalized spacial score (nSPS) is 10.9. The Morgan fingerprint density at radius 1 is 0.975 bits per heavy atom. The van der Waals surface area contributed by atoms with Crippen LogP contribution in [0.1, 0.15) is 41.3 Å². The number of methoxy groups -OCH3 is 1. The smallest absolute Gasteiger partial charge is 0.257 e. The van der Waals surface area contributed by atoms with Crippen molar-refractivity contribution in [2.24, 2.45) is 0 Å². The Morgan fingerprint density at radius 2 is 1.80 bits per heavy atom. The summed E-state index contributed by atoms with van der Waals surface area (Å²) in [5.41, 5.74) is 5.46. The summed E-state index contributed by atoms with van der Waals surface area (Å²) in [6.07, 6.45) is 0. The molecule has 8 heteroatoms. The fraction of sp³-hybridized carbons (Fsp3) is 0.156.